The number of benzene rings is 1. The zero-order valence-electron chi connectivity index (χ0n) is 11.2. The summed E-state index contributed by atoms with van der Waals surface area (Å²) in [7, 11) is 0. The SMILES string of the molecule is CCCNc1ncccc1COc1c(F)cccc1Cl. The number of nitrogens with one attached hydrogen (secondary N) is 1. The minimum atomic E-state index is -0.468. The Labute approximate surface area is 122 Å². The summed E-state index contributed by atoms with van der Waals surface area (Å²) in [5, 5.41) is 3.47. The molecule has 0 saturated heterocycles. The Balaban J connectivity index is 2.11. The number of pyridine rings is 1. The molecule has 1 aromatic heterocycles. The van der Waals surface area contributed by atoms with Crippen LogP contribution in [0.1, 0.15) is 18.9 Å². The number of ether oxygens (including phenoxy) is 1. The van der Waals surface area contributed by atoms with Gasteiger partial charge in [0, 0.05) is 18.3 Å². The van der Waals surface area contributed by atoms with Gasteiger partial charge in [-0.15, -0.1) is 0 Å². The highest BCUT2D eigenvalue weighted by molar-refractivity contribution is 6.32. The van der Waals surface area contributed by atoms with E-state index in [2.05, 4.69) is 17.2 Å². The van der Waals surface area contributed by atoms with Gasteiger partial charge < -0.3 is 10.1 Å². The summed E-state index contributed by atoms with van der Waals surface area (Å²) in [6, 6.07) is 8.17. The Hall–Kier alpha value is -1.81. The van der Waals surface area contributed by atoms with Crippen molar-refractivity contribution in [2.24, 2.45) is 0 Å². The Bertz CT molecular complexity index is 557. The molecule has 1 aromatic carbocycles. The van der Waals surface area contributed by atoms with Crippen molar-refractivity contribution in [3.05, 3.63) is 52.9 Å². The first-order chi connectivity index (χ1) is 9.72. The van der Waals surface area contributed by atoms with E-state index >= 15 is 0 Å². The molecule has 0 aliphatic carbocycles. The molecule has 2 rings (SSSR count). The molecule has 0 atom stereocenters. The van der Waals surface area contributed by atoms with Crippen LogP contribution in [-0.4, -0.2) is 11.5 Å². The maximum Gasteiger partial charge on any atom is 0.174 e. The Kier molecular flexibility index (Phi) is 5.18. The second-order valence-electron chi connectivity index (χ2n) is 4.28. The van der Waals surface area contributed by atoms with E-state index in [1.807, 2.05) is 12.1 Å². The minimum absolute atomic E-state index is 0.0689. The maximum absolute atomic E-state index is 13.6. The fourth-order valence-corrected chi connectivity index (χ4v) is 1.95. The Morgan fingerprint density at radius 3 is 2.90 bits per heavy atom. The van der Waals surface area contributed by atoms with Crippen molar-refractivity contribution in [3.8, 4) is 5.75 Å². The monoisotopic (exact) mass is 294 g/mol. The Morgan fingerprint density at radius 2 is 2.15 bits per heavy atom. The fraction of sp³-hybridized carbons (Fsp3) is 0.267. The minimum Gasteiger partial charge on any atom is -0.484 e. The largest absolute Gasteiger partial charge is 0.484 e. The van der Waals surface area contributed by atoms with Crippen LogP contribution in [0.2, 0.25) is 5.02 Å². The second kappa shape index (κ2) is 7.10. The predicted octanol–water partition coefficient (Wildman–Crippen LogP) is 4.28. The molecule has 20 heavy (non-hydrogen) atoms. The van der Waals surface area contributed by atoms with Crippen LogP contribution < -0.4 is 10.1 Å². The first-order valence-corrected chi connectivity index (χ1v) is 6.84. The molecule has 0 saturated carbocycles. The number of halogens is 2. The molecule has 0 radical (unpaired) electrons. The van der Waals surface area contributed by atoms with E-state index in [1.54, 1.807) is 18.3 Å². The quantitative estimate of drug-likeness (QED) is 0.863. The molecule has 0 amide bonds. The van der Waals surface area contributed by atoms with Gasteiger partial charge in [-0.25, -0.2) is 9.37 Å². The van der Waals surface area contributed by atoms with Crippen molar-refractivity contribution in [2.45, 2.75) is 20.0 Å². The van der Waals surface area contributed by atoms with Crippen LogP contribution in [0.15, 0.2) is 36.5 Å². The number of nitrogens with zero attached hydrogens (tertiary/aromatic N) is 1. The predicted molar refractivity (Wildman–Crippen MR) is 78.8 cm³/mol. The molecule has 0 fully saturated rings. The standard InChI is InChI=1S/C15H16ClFN2O/c1-2-8-18-15-11(5-4-9-19-15)10-20-14-12(16)6-3-7-13(14)17/h3-7,9H,2,8,10H2,1H3,(H,18,19). The van der Waals surface area contributed by atoms with Crippen molar-refractivity contribution < 1.29 is 9.13 Å². The van der Waals surface area contributed by atoms with Crippen molar-refractivity contribution in [1.82, 2.24) is 4.98 Å². The van der Waals surface area contributed by atoms with E-state index in [0.29, 0.717) is 0 Å². The van der Waals surface area contributed by atoms with Gasteiger partial charge in [-0.05, 0) is 24.6 Å². The lowest BCUT2D eigenvalue weighted by atomic mass is 10.2. The highest BCUT2D eigenvalue weighted by Gasteiger charge is 2.10. The average Bonchev–Trinajstić information content (AvgIpc) is 2.45. The van der Waals surface area contributed by atoms with Gasteiger partial charge in [0.05, 0.1) is 5.02 Å². The molecule has 1 N–H and O–H groups in total. The number of rotatable bonds is 6. The van der Waals surface area contributed by atoms with Crippen molar-refractivity contribution in [1.29, 1.82) is 0 Å². The van der Waals surface area contributed by atoms with E-state index in [9.17, 15) is 4.39 Å². The highest BCUT2D eigenvalue weighted by Crippen LogP contribution is 2.28. The molecule has 5 heteroatoms. The molecule has 1 heterocycles. The molecule has 0 bridgehead atoms. The van der Waals surface area contributed by atoms with Gasteiger partial charge in [0.15, 0.2) is 11.6 Å². The zero-order valence-corrected chi connectivity index (χ0v) is 12.0. The van der Waals surface area contributed by atoms with Crippen LogP contribution in [0.25, 0.3) is 0 Å². The molecule has 3 nitrogen and oxygen atoms in total. The molecule has 2 aromatic rings. The Morgan fingerprint density at radius 1 is 1.30 bits per heavy atom. The van der Waals surface area contributed by atoms with Crippen LogP contribution in [-0.2, 0) is 6.61 Å². The van der Waals surface area contributed by atoms with E-state index < -0.39 is 5.82 Å². The normalized spacial score (nSPS) is 10.3. The van der Waals surface area contributed by atoms with E-state index in [-0.39, 0.29) is 17.4 Å². The molecular formula is C15H16ClFN2O. The average molecular weight is 295 g/mol. The van der Waals surface area contributed by atoms with Crippen molar-refractivity contribution in [3.63, 3.8) is 0 Å². The van der Waals surface area contributed by atoms with Gasteiger partial charge in [0.2, 0.25) is 0 Å². The van der Waals surface area contributed by atoms with Gasteiger partial charge in [-0.1, -0.05) is 30.7 Å². The maximum atomic E-state index is 13.6. The van der Waals surface area contributed by atoms with Gasteiger partial charge >= 0.3 is 0 Å². The number of anilines is 1. The van der Waals surface area contributed by atoms with E-state index in [4.69, 9.17) is 16.3 Å². The first kappa shape index (κ1) is 14.6. The summed E-state index contributed by atoms with van der Waals surface area (Å²) in [5.41, 5.74) is 0.861. The summed E-state index contributed by atoms with van der Waals surface area (Å²) < 4.78 is 19.1. The van der Waals surface area contributed by atoms with Crippen LogP contribution in [0.3, 0.4) is 0 Å². The van der Waals surface area contributed by atoms with Crippen molar-refractivity contribution in [2.75, 3.05) is 11.9 Å². The van der Waals surface area contributed by atoms with Gasteiger partial charge in [-0.3, -0.25) is 0 Å². The lowest BCUT2D eigenvalue weighted by molar-refractivity contribution is 0.290. The van der Waals surface area contributed by atoms with E-state index in [0.717, 1.165) is 24.3 Å². The lowest BCUT2D eigenvalue weighted by Gasteiger charge is -2.12. The van der Waals surface area contributed by atoms with Crippen LogP contribution >= 0.6 is 11.6 Å². The van der Waals surface area contributed by atoms with Gasteiger partial charge in [-0.2, -0.15) is 0 Å². The number of hydrogen-bond donors (Lipinski definition) is 1. The van der Waals surface area contributed by atoms with Gasteiger partial charge in [0.25, 0.3) is 0 Å². The third kappa shape index (κ3) is 3.61. The van der Waals surface area contributed by atoms with Crippen LogP contribution in [0.4, 0.5) is 10.2 Å². The second-order valence-corrected chi connectivity index (χ2v) is 4.68. The third-order valence-electron chi connectivity index (χ3n) is 2.72. The van der Waals surface area contributed by atoms with Gasteiger partial charge in [0.1, 0.15) is 12.4 Å². The summed E-state index contributed by atoms with van der Waals surface area (Å²) in [5.74, 6) is 0.353. The number of aromatic nitrogens is 1. The highest BCUT2D eigenvalue weighted by atomic mass is 35.5. The summed E-state index contributed by atoms with van der Waals surface area (Å²) in [6.45, 7) is 3.11. The molecule has 0 aliphatic heterocycles. The summed E-state index contributed by atoms with van der Waals surface area (Å²) >= 11 is 5.92. The summed E-state index contributed by atoms with van der Waals surface area (Å²) in [6.07, 6.45) is 2.70. The van der Waals surface area contributed by atoms with Crippen LogP contribution in [0, 0.1) is 5.82 Å². The first-order valence-electron chi connectivity index (χ1n) is 6.47. The van der Waals surface area contributed by atoms with Crippen LogP contribution in [0.5, 0.6) is 5.75 Å². The zero-order chi connectivity index (χ0) is 14.4. The molecule has 106 valence electrons. The third-order valence-corrected chi connectivity index (χ3v) is 3.02. The molecule has 0 unspecified atom stereocenters. The van der Waals surface area contributed by atoms with Crippen molar-refractivity contribution >= 4 is 17.4 Å². The fourth-order valence-electron chi connectivity index (χ4n) is 1.73. The van der Waals surface area contributed by atoms with E-state index in [1.165, 1.54) is 6.07 Å². The number of hydrogen-bond acceptors (Lipinski definition) is 3. The molecule has 0 aliphatic rings. The topological polar surface area (TPSA) is 34.2 Å². The summed E-state index contributed by atoms with van der Waals surface area (Å²) in [4.78, 5) is 4.26. The smallest absolute Gasteiger partial charge is 0.174 e. The lowest BCUT2D eigenvalue weighted by Crippen LogP contribution is -2.07. The number of para-hydroxylation sites is 1. The molecule has 0 spiro atoms. The molecular weight excluding hydrogens is 279 g/mol.